The lowest BCUT2D eigenvalue weighted by Crippen LogP contribution is -2.02. The molecule has 0 atom stereocenters. The van der Waals surface area contributed by atoms with Crippen molar-refractivity contribution in [3.05, 3.63) is 27.8 Å². The van der Waals surface area contributed by atoms with Crippen molar-refractivity contribution >= 4 is 23.2 Å². The number of nitro groups is 1. The van der Waals surface area contributed by atoms with Crippen LogP contribution in [0, 0.1) is 10.1 Å². The van der Waals surface area contributed by atoms with Crippen molar-refractivity contribution in [3.63, 3.8) is 0 Å². The highest BCUT2D eigenvalue weighted by Gasteiger charge is 2.30. The first-order valence-electron chi connectivity index (χ1n) is 5.37. The van der Waals surface area contributed by atoms with Gasteiger partial charge in [-0.05, 0) is 12.8 Å². The number of hydrogen-bond acceptors (Lipinski definition) is 7. The zero-order valence-corrected chi connectivity index (χ0v) is 10.2. The van der Waals surface area contributed by atoms with Gasteiger partial charge in [0.2, 0.25) is 10.8 Å². The summed E-state index contributed by atoms with van der Waals surface area (Å²) in [6.07, 6.45) is 3.12. The van der Waals surface area contributed by atoms with Gasteiger partial charge in [0.05, 0.1) is 4.92 Å². The molecule has 3 rings (SSSR count). The van der Waals surface area contributed by atoms with E-state index in [-0.39, 0.29) is 0 Å². The third-order valence-corrected chi connectivity index (χ3v) is 3.38. The summed E-state index contributed by atoms with van der Waals surface area (Å²) in [4.78, 5) is 25.1. The van der Waals surface area contributed by atoms with Crippen LogP contribution in [-0.2, 0) is 0 Å². The van der Waals surface area contributed by atoms with E-state index in [0.717, 1.165) is 35.3 Å². The van der Waals surface area contributed by atoms with Crippen LogP contribution in [0.25, 0.3) is 5.13 Å². The van der Waals surface area contributed by atoms with Gasteiger partial charge in [-0.15, -0.1) is 0 Å². The number of aromatic nitrogens is 4. The molecule has 0 saturated heterocycles. The lowest BCUT2D eigenvalue weighted by molar-refractivity contribution is -0.385. The predicted octanol–water partition coefficient (Wildman–Crippen LogP) is 1.21. The topological polar surface area (TPSA) is 124 Å². The van der Waals surface area contributed by atoms with Gasteiger partial charge in [0, 0.05) is 17.5 Å². The van der Waals surface area contributed by atoms with Crippen molar-refractivity contribution in [1.82, 2.24) is 19.1 Å². The van der Waals surface area contributed by atoms with Crippen LogP contribution < -0.4 is 0 Å². The molecule has 0 radical (unpaired) electrons. The number of rotatable bonds is 4. The smallest absolute Gasteiger partial charge is 0.363 e. The molecule has 0 spiro atoms. The van der Waals surface area contributed by atoms with E-state index in [0.29, 0.717) is 16.9 Å². The predicted molar refractivity (Wildman–Crippen MR) is 62.6 cm³/mol. The Bertz CT molecular complexity index is 642. The van der Waals surface area contributed by atoms with Gasteiger partial charge >= 0.3 is 11.7 Å². The van der Waals surface area contributed by atoms with Crippen molar-refractivity contribution in [2.45, 2.75) is 18.8 Å². The SMILES string of the molecule is O=C(O)c1nn(-c2nc(C3CC3)ns2)cc1[N+](=O)[O-]. The zero-order chi connectivity index (χ0) is 13.6. The number of carbonyl (C=O) groups is 1. The Morgan fingerprint density at radius 1 is 1.58 bits per heavy atom. The van der Waals surface area contributed by atoms with E-state index in [1.165, 1.54) is 0 Å². The number of aromatic carboxylic acids is 1. The Morgan fingerprint density at radius 2 is 2.32 bits per heavy atom. The van der Waals surface area contributed by atoms with Gasteiger partial charge in [-0.1, -0.05) is 0 Å². The number of nitrogens with zero attached hydrogens (tertiary/aromatic N) is 5. The Kier molecular flexibility index (Phi) is 2.52. The third-order valence-electron chi connectivity index (χ3n) is 2.66. The molecular weight excluding hydrogens is 274 g/mol. The van der Waals surface area contributed by atoms with E-state index in [4.69, 9.17) is 5.11 Å². The maximum Gasteiger partial charge on any atom is 0.363 e. The van der Waals surface area contributed by atoms with Crippen molar-refractivity contribution in [2.24, 2.45) is 0 Å². The van der Waals surface area contributed by atoms with E-state index in [1.807, 2.05) is 0 Å². The molecule has 98 valence electrons. The van der Waals surface area contributed by atoms with Gasteiger partial charge in [0.1, 0.15) is 12.0 Å². The third kappa shape index (κ3) is 2.05. The van der Waals surface area contributed by atoms with Gasteiger partial charge in [-0.25, -0.2) is 14.5 Å². The molecule has 10 heteroatoms. The summed E-state index contributed by atoms with van der Waals surface area (Å²) in [7, 11) is 0. The van der Waals surface area contributed by atoms with Crippen LogP contribution in [0.3, 0.4) is 0 Å². The fraction of sp³-hybridized carbons (Fsp3) is 0.333. The molecule has 1 aliphatic rings. The van der Waals surface area contributed by atoms with E-state index in [1.54, 1.807) is 0 Å². The maximum absolute atomic E-state index is 10.9. The first kappa shape index (κ1) is 11.7. The number of carboxylic acid groups (broad SMARTS) is 1. The quantitative estimate of drug-likeness (QED) is 0.659. The lowest BCUT2D eigenvalue weighted by Gasteiger charge is -1.90. The van der Waals surface area contributed by atoms with Crippen molar-refractivity contribution in [2.75, 3.05) is 0 Å². The minimum Gasteiger partial charge on any atom is -0.476 e. The first-order chi connectivity index (χ1) is 9.06. The van der Waals surface area contributed by atoms with Crippen molar-refractivity contribution < 1.29 is 14.8 Å². The molecule has 1 N–H and O–H groups in total. The molecule has 0 unspecified atom stereocenters. The summed E-state index contributed by atoms with van der Waals surface area (Å²) in [6.45, 7) is 0. The summed E-state index contributed by atoms with van der Waals surface area (Å²) < 4.78 is 5.22. The number of hydrogen-bond donors (Lipinski definition) is 1. The summed E-state index contributed by atoms with van der Waals surface area (Å²) in [5, 5.41) is 23.6. The minimum absolute atomic E-state index is 0.331. The van der Waals surface area contributed by atoms with Gasteiger partial charge in [-0.2, -0.15) is 9.47 Å². The standard InChI is InChI=1S/C9H7N5O4S/c15-8(16)6-5(14(17)18)3-13(11-6)9-10-7(12-19-9)4-1-2-4/h3-4H,1-2H2,(H,15,16). The Labute approximate surface area is 109 Å². The van der Waals surface area contributed by atoms with Crippen LogP contribution in [0.4, 0.5) is 5.69 Å². The minimum atomic E-state index is -1.45. The molecule has 1 saturated carbocycles. The molecule has 1 fully saturated rings. The van der Waals surface area contributed by atoms with Crippen molar-refractivity contribution in [1.29, 1.82) is 0 Å². The number of carboxylic acids is 1. The summed E-state index contributed by atoms with van der Waals surface area (Å²) in [5.74, 6) is -0.401. The first-order valence-corrected chi connectivity index (χ1v) is 6.15. The second kappa shape index (κ2) is 4.09. The monoisotopic (exact) mass is 281 g/mol. The van der Waals surface area contributed by atoms with E-state index < -0.39 is 22.3 Å². The highest BCUT2D eigenvalue weighted by Crippen LogP contribution is 2.39. The molecule has 0 aromatic carbocycles. The van der Waals surface area contributed by atoms with E-state index in [9.17, 15) is 14.9 Å². The van der Waals surface area contributed by atoms with Crippen molar-refractivity contribution in [3.8, 4) is 5.13 Å². The van der Waals surface area contributed by atoms with Crippen LogP contribution in [0.1, 0.15) is 35.1 Å². The molecule has 2 aromatic heterocycles. The fourth-order valence-electron chi connectivity index (χ4n) is 1.58. The highest BCUT2D eigenvalue weighted by molar-refractivity contribution is 7.08. The molecule has 0 bridgehead atoms. The molecule has 9 nitrogen and oxygen atoms in total. The van der Waals surface area contributed by atoms with Gasteiger partial charge in [0.25, 0.3) is 0 Å². The molecular formula is C9H7N5O4S. The van der Waals surface area contributed by atoms with Gasteiger partial charge in [0.15, 0.2) is 0 Å². The Balaban J connectivity index is 2.01. The Hall–Kier alpha value is -2.36. The summed E-state index contributed by atoms with van der Waals surface area (Å²) in [6, 6.07) is 0. The zero-order valence-electron chi connectivity index (χ0n) is 9.39. The normalized spacial score (nSPS) is 14.5. The second-order valence-electron chi connectivity index (χ2n) is 4.08. The summed E-state index contributed by atoms with van der Waals surface area (Å²) in [5.41, 5.74) is -1.16. The molecule has 19 heavy (non-hydrogen) atoms. The summed E-state index contributed by atoms with van der Waals surface area (Å²) >= 11 is 1.04. The maximum atomic E-state index is 10.9. The molecule has 0 aliphatic heterocycles. The largest absolute Gasteiger partial charge is 0.476 e. The van der Waals surface area contributed by atoms with Crippen LogP contribution in [0.5, 0.6) is 0 Å². The van der Waals surface area contributed by atoms with Gasteiger partial charge in [-0.3, -0.25) is 10.1 Å². The van der Waals surface area contributed by atoms with E-state index in [2.05, 4.69) is 14.5 Å². The molecule has 2 aromatic rings. The average molecular weight is 281 g/mol. The fourth-order valence-corrected chi connectivity index (χ4v) is 2.25. The van der Waals surface area contributed by atoms with Gasteiger partial charge < -0.3 is 5.11 Å². The molecule has 1 aliphatic carbocycles. The Morgan fingerprint density at radius 3 is 2.84 bits per heavy atom. The lowest BCUT2D eigenvalue weighted by atomic mass is 10.4. The second-order valence-corrected chi connectivity index (χ2v) is 4.81. The average Bonchev–Trinajstić information content (AvgIpc) is 2.93. The van der Waals surface area contributed by atoms with Crippen LogP contribution in [0.2, 0.25) is 0 Å². The molecule has 2 heterocycles. The van der Waals surface area contributed by atoms with Crippen LogP contribution >= 0.6 is 11.5 Å². The highest BCUT2D eigenvalue weighted by atomic mass is 32.1. The molecule has 0 amide bonds. The van der Waals surface area contributed by atoms with E-state index >= 15 is 0 Å². The van der Waals surface area contributed by atoms with Crippen LogP contribution in [0.15, 0.2) is 6.20 Å². The van der Waals surface area contributed by atoms with Crippen LogP contribution in [-0.4, -0.2) is 35.1 Å².